The van der Waals surface area contributed by atoms with Crippen molar-refractivity contribution in [1.82, 2.24) is 14.9 Å². The van der Waals surface area contributed by atoms with E-state index in [1.54, 1.807) is 6.07 Å². The number of nitrogens with two attached hydrogens (primary N) is 2. The molecule has 1 aromatic carbocycles. The van der Waals surface area contributed by atoms with Crippen LogP contribution in [0.5, 0.6) is 0 Å². The number of fused-ring (bicyclic) bond motifs is 1. The number of carbonyl (C=O) groups excluding carboxylic acids is 1. The van der Waals surface area contributed by atoms with Gasteiger partial charge in [0.15, 0.2) is 0 Å². The first-order chi connectivity index (χ1) is 16.5. The summed E-state index contributed by atoms with van der Waals surface area (Å²) in [6, 6.07) is 3.01. The van der Waals surface area contributed by atoms with Crippen LogP contribution in [0.1, 0.15) is 45.1 Å². The molecule has 11 nitrogen and oxygen atoms in total. The van der Waals surface area contributed by atoms with E-state index in [1.807, 2.05) is 13.0 Å². The number of benzene rings is 1. The topological polar surface area (TPSA) is 180 Å². The van der Waals surface area contributed by atoms with Crippen molar-refractivity contribution in [2.45, 2.75) is 69.2 Å². The summed E-state index contributed by atoms with van der Waals surface area (Å²) in [5.74, 6) is -1.08. The molecule has 2 aliphatic heterocycles. The van der Waals surface area contributed by atoms with Gasteiger partial charge >= 0.3 is 5.97 Å². The van der Waals surface area contributed by atoms with Gasteiger partial charge in [-0.2, -0.15) is 4.72 Å². The molecule has 1 amide bonds. The number of carboxylic acids is 1. The Balaban J connectivity index is 1.86. The molecule has 12 heteroatoms. The Bertz CT molecular complexity index is 1020. The molecule has 1 aromatic rings. The fourth-order valence-corrected chi connectivity index (χ4v) is 6.24. The quantitative estimate of drug-likeness (QED) is 0.190. The van der Waals surface area contributed by atoms with Crippen LogP contribution in [0.25, 0.3) is 0 Å². The number of sulfonamides is 1. The lowest BCUT2D eigenvalue weighted by molar-refractivity contribution is -0.153. The summed E-state index contributed by atoms with van der Waals surface area (Å²) in [6.45, 7) is 5.33. The number of anilines is 1. The van der Waals surface area contributed by atoms with Crippen LogP contribution in [-0.4, -0.2) is 68.3 Å². The average molecular weight is 511 g/mol. The maximum absolute atomic E-state index is 13.5. The van der Waals surface area contributed by atoms with Crippen molar-refractivity contribution >= 4 is 27.6 Å². The molecule has 0 saturated carbocycles. The molecule has 35 heavy (non-hydrogen) atoms. The normalized spacial score (nSPS) is 23.5. The third-order valence-electron chi connectivity index (χ3n) is 6.68. The molecule has 3 rings (SSSR count). The van der Waals surface area contributed by atoms with Crippen molar-refractivity contribution in [2.24, 2.45) is 23.3 Å². The number of piperidine rings is 1. The first kappa shape index (κ1) is 27.3. The van der Waals surface area contributed by atoms with Crippen LogP contribution < -0.4 is 26.8 Å². The highest BCUT2D eigenvalue weighted by atomic mass is 32.2. The molecule has 1 fully saturated rings. The molecular weight excluding hydrogens is 472 g/mol. The van der Waals surface area contributed by atoms with Crippen LogP contribution in [0, 0.1) is 11.8 Å². The molecule has 0 aliphatic carbocycles. The van der Waals surface area contributed by atoms with Gasteiger partial charge in [-0.15, -0.1) is 0 Å². The van der Waals surface area contributed by atoms with Crippen LogP contribution in [0.2, 0.25) is 0 Å². The number of nitrogens with one attached hydrogen (secondary N) is 3. The number of hydrogen-bond donors (Lipinski definition) is 6. The number of hydrogen-bond acceptors (Lipinski definition) is 8. The van der Waals surface area contributed by atoms with Gasteiger partial charge in [-0.25, -0.2) is 13.2 Å². The summed E-state index contributed by atoms with van der Waals surface area (Å²) < 4.78 is 29.6. The zero-order chi connectivity index (χ0) is 25.8. The molecule has 0 unspecified atom stereocenters. The van der Waals surface area contributed by atoms with Crippen LogP contribution in [-0.2, 0) is 26.0 Å². The van der Waals surface area contributed by atoms with Crippen LogP contribution in [0.4, 0.5) is 5.69 Å². The van der Waals surface area contributed by atoms with Gasteiger partial charge in [-0.3, -0.25) is 10.1 Å². The first-order valence-corrected chi connectivity index (χ1v) is 13.6. The molecule has 4 atom stereocenters. The lowest BCUT2D eigenvalue weighted by Gasteiger charge is -2.38. The molecule has 2 heterocycles. The largest absolute Gasteiger partial charge is 0.480 e. The summed E-state index contributed by atoms with van der Waals surface area (Å²) >= 11 is 0. The standard InChI is InChI=1S/C23H38N6O5S/c1-14-8-10-29(18(12-14)22(31)32)21(30)17(6-4-9-26-23(24)25)28-35(33,34)19-7-3-5-16-11-15(2)13-27-20(16)19/h3,5,7,14-15,17-18,23,26-28H,4,6,8-13,24-25H2,1-2H3,(H,31,32)/t14-,15+,17+,18-/m1/s1. The molecule has 0 radical (unpaired) electrons. The molecule has 0 spiro atoms. The Morgan fingerprint density at radius 2 is 2.00 bits per heavy atom. The maximum Gasteiger partial charge on any atom is 0.326 e. The summed E-state index contributed by atoms with van der Waals surface area (Å²) in [4.78, 5) is 26.8. The summed E-state index contributed by atoms with van der Waals surface area (Å²) in [5.41, 5.74) is 12.5. The number of carboxylic acid groups (broad SMARTS) is 1. The van der Waals surface area contributed by atoms with Gasteiger partial charge in [0, 0.05) is 13.1 Å². The van der Waals surface area contributed by atoms with Crippen molar-refractivity contribution in [3.63, 3.8) is 0 Å². The lowest BCUT2D eigenvalue weighted by Crippen LogP contribution is -2.56. The molecule has 1 saturated heterocycles. The van der Waals surface area contributed by atoms with E-state index in [0.29, 0.717) is 44.0 Å². The van der Waals surface area contributed by atoms with Gasteiger partial charge in [0.1, 0.15) is 23.3 Å². The number of para-hydroxylation sites is 1. The van der Waals surface area contributed by atoms with Crippen molar-refractivity contribution in [3.05, 3.63) is 23.8 Å². The molecular formula is C23H38N6O5S. The third-order valence-corrected chi connectivity index (χ3v) is 8.19. The van der Waals surface area contributed by atoms with E-state index >= 15 is 0 Å². The van der Waals surface area contributed by atoms with E-state index in [9.17, 15) is 23.1 Å². The fourth-order valence-electron chi connectivity index (χ4n) is 4.79. The monoisotopic (exact) mass is 510 g/mol. The summed E-state index contributed by atoms with van der Waals surface area (Å²) in [7, 11) is -4.08. The van der Waals surface area contributed by atoms with Gasteiger partial charge in [-0.1, -0.05) is 26.0 Å². The van der Waals surface area contributed by atoms with Crippen LogP contribution in [0.15, 0.2) is 23.1 Å². The molecule has 196 valence electrons. The highest BCUT2D eigenvalue weighted by molar-refractivity contribution is 7.89. The van der Waals surface area contributed by atoms with Gasteiger partial charge in [-0.05, 0) is 62.1 Å². The number of likely N-dealkylation sites (tertiary alicyclic amines) is 1. The van der Waals surface area contributed by atoms with Crippen LogP contribution in [0.3, 0.4) is 0 Å². The Labute approximate surface area is 207 Å². The minimum absolute atomic E-state index is 0.0869. The zero-order valence-corrected chi connectivity index (χ0v) is 21.2. The van der Waals surface area contributed by atoms with Crippen LogP contribution >= 0.6 is 0 Å². The Hall–Kier alpha value is -2.25. The Morgan fingerprint density at radius 1 is 1.26 bits per heavy atom. The number of rotatable bonds is 10. The molecule has 2 aliphatic rings. The van der Waals surface area contributed by atoms with Crippen molar-refractivity contribution in [3.8, 4) is 0 Å². The summed E-state index contributed by atoms with van der Waals surface area (Å²) in [6.07, 6.45) is 1.59. The first-order valence-electron chi connectivity index (χ1n) is 12.2. The van der Waals surface area contributed by atoms with E-state index in [4.69, 9.17) is 11.5 Å². The second-order valence-electron chi connectivity index (χ2n) is 9.79. The van der Waals surface area contributed by atoms with Crippen molar-refractivity contribution in [1.29, 1.82) is 0 Å². The lowest BCUT2D eigenvalue weighted by atomic mass is 9.91. The van der Waals surface area contributed by atoms with E-state index < -0.39 is 40.3 Å². The van der Waals surface area contributed by atoms with Crippen molar-refractivity contribution in [2.75, 3.05) is 25.0 Å². The van der Waals surface area contributed by atoms with E-state index in [2.05, 4.69) is 22.3 Å². The summed E-state index contributed by atoms with van der Waals surface area (Å²) in [5, 5.41) is 15.8. The minimum atomic E-state index is -4.08. The van der Waals surface area contributed by atoms with Gasteiger partial charge in [0.05, 0.1) is 5.69 Å². The molecule has 8 N–H and O–H groups in total. The van der Waals surface area contributed by atoms with E-state index in [1.165, 1.54) is 11.0 Å². The van der Waals surface area contributed by atoms with E-state index in [0.717, 1.165) is 12.0 Å². The highest BCUT2D eigenvalue weighted by Crippen LogP contribution is 2.31. The second kappa shape index (κ2) is 11.7. The zero-order valence-electron chi connectivity index (χ0n) is 20.4. The average Bonchev–Trinajstić information content (AvgIpc) is 2.79. The van der Waals surface area contributed by atoms with Gasteiger partial charge < -0.3 is 26.8 Å². The molecule has 0 bridgehead atoms. The minimum Gasteiger partial charge on any atom is -0.480 e. The number of nitrogens with zero attached hydrogens (tertiary/aromatic N) is 1. The number of carbonyl (C=O) groups is 2. The Morgan fingerprint density at radius 3 is 2.69 bits per heavy atom. The second-order valence-corrected chi connectivity index (χ2v) is 11.5. The highest BCUT2D eigenvalue weighted by Gasteiger charge is 2.39. The van der Waals surface area contributed by atoms with Gasteiger partial charge in [0.25, 0.3) is 0 Å². The van der Waals surface area contributed by atoms with Gasteiger partial charge in [0.2, 0.25) is 15.9 Å². The Kier molecular flexibility index (Phi) is 9.11. The third kappa shape index (κ3) is 6.91. The maximum atomic E-state index is 13.5. The van der Waals surface area contributed by atoms with E-state index in [-0.39, 0.29) is 23.8 Å². The van der Waals surface area contributed by atoms with Crippen molar-refractivity contribution < 1.29 is 23.1 Å². The fraction of sp³-hybridized carbons (Fsp3) is 0.652. The SMILES string of the molecule is C[C@@H]1CNc2c(cccc2S(=O)(=O)N[C@@H](CCCNC(N)N)C(=O)N2CC[C@@H](C)C[C@@H]2C(=O)O)C1. The predicted octanol–water partition coefficient (Wildman–Crippen LogP) is 0.220. The smallest absolute Gasteiger partial charge is 0.326 e. The number of amides is 1. The number of aliphatic carboxylic acids is 1. The predicted molar refractivity (Wildman–Crippen MR) is 133 cm³/mol. The molecule has 0 aromatic heterocycles.